The maximum Gasteiger partial charge on any atom is 0.220 e. The lowest BCUT2D eigenvalue weighted by Gasteiger charge is -2.08. The summed E-state index contributed by atoms with van der Waals surface area (Å²) >= 11 is 5.75. The van der Waals surface area contributed by atoms with Crippen LogP contribution in [0.4, 0.5) is 0 Å². The molecule has 1 aromatic rings. The van der Waals surface area contributed by atoms with Crippen molar-refractivity contribution in [3.63, 3.8) is 0 Å². The molecule has 0 radical (unpaired) electrons. The van der Waals surface area contributed by atoms with Gasteiger partial charge in [0.2, 0.25) is 5.91 Å². The van der Waals surface area contributed by atoms with Crippen LogP contribution < -0.4 is 15.8 Å². The number of carbonyl (C=O) groups is 1. The Morgan fingerprint density at radius 2 is 2.11 bits per heavy atom. The highest BCUT2D eigenvalue weighted by Gasteiger charge is 2.02. The number of ether oxygens (including phenoxy) is 1. The first kappa shape index (κ1) is 14.8. The van der Waals surface area contributed by atoms with Crippen molar-refractivity contribution in [2.45, 2.75) is 25.8 Å². The number of nitrogens with one attached hydrogen (secondary N) is 1. The topological polar surface area (TPSA) is 64.4 Å². The average Bonchev–Trinajstić information content (AvgIpc) is 2.34. The highest BCUT2D eigenvalue weighted by atomic mass is 35.5. The van der Waals surface area contributed by atoms with E-state index in [2.05, 4.69) is 5.32 Å². The number of carbonyl (C=O) groups excluding carboxylic acids is 1. The molecule has 3 N–H and O–H groups in total. The van der Waals surface area contributed by atoms with E-state index in [-0.39, 0.29) is 11.9 Å². The van der Waals surface area contributed by atoms with Crippen LogP contribution in [0.2, 0.25) is 5.02 Å². The Balaban J connectivity index is 2.11. The quantitative estimate of drug-likeness (QED) is 0.745. The van der Waals surface area contributed by atoms with E-state index in [0.29, 0.717) is 31.0 Å². The molecule has 0 saturated heterocycles. The van der Waals surface area contributed by atoms with E-state index >= 15 is 0 Å². The zero-order valence-electron chi connectivity index (χ0n) is 10.5. The van der Waals surface area contributed by atoms with E-state index in [9.17, 15) is 4.79 Å². The minimum Gasteiger partial charge on any atom is -0.492 e. The maximum absolute atomic E-state index is 11.4. The van der Waals surface area contributed by atoms with Gasteiger partial charge in [0.15, 0.2) is 0 Å². The van der Waals surface area contributed by atoms with Gasteiger partial charge in [-0.3, -0.25) is 4.79 Å². The molecular weight excluding hydrogens is 252 g/mol. The van der Waals surface area contributed by atoms with Gasteiger partial charge in [-0.05, 0) is 37.6 Å². The number of amides is 1. The number of rotatable bonds is 7. The van der Waals surface area contributed by atoms with Crippen molar-refractivity contribution in [1.29, 1.82) is 0 Å². The summed E-state index contributed by atoms with van der Waals surface area (Å²) in [5.41, 5.74) is 5.57. The van der Waals surface area contributed by atoms with Crippen LogP contribution in [-0.2, 0) is 4.79 Å². The van der Waals surface area contributed by atoms with Crippen molar-refractivity contribution in [2.75, 3.05) is 13.2 Å². The fourth-order valence-corrected chi connectivity index (χ4v) is 1.46. The molecule has 0 fully saturated rings. The Morgan fingerprint density at radius 3 is 2.72 bits per heavy atom. The number of benzene rings is 1. The third-order valence-electron chi connectivity index (χ3n) is 2.33. The summed E-state index contributed by atoms with van der Waals surface area (Å²) in [5.74, 6) is 0.747. The third kappa shape index (κ3) is 6.47. The summed E-state index contributed by atoms with van der Waals surface area (Å²) < 4.78 is 5.44. The molecule has 0 aliphatic rings. The lowest BCUT2D eigenvalue weighted by atomic mass is 10.2. The molecule has 0 aromatic heterocycles. The highest BCUT2D eigenvalue weighted by molar-refractivity contribution is 6.30. The van der Waals surface area contributed by atoms with Gasteiger partial charge >= 0.3 is 0 Å². The SMILES string of the molecule is CC(N)CCC(=O)NCCOc1ccc(Cl)cc1. The molecule has 100 valence electrons. The normalized spacial score (nSPS) is 11.9. The van der Waals surface area contributed by atoms with Gasteiger partial charge < -0.3 is 15.8 Å². The second-order valence-corrected chi connectivity index (χ2v) is 4.60. The van der Waals surface area contributed by atoms with E-state index in [4.69, 9.17) is 22.1 Å². The van der Waals surface area contributed by atoms with Crippen molar-refractivity contribution >= 4 is 17.5 Å². The average molecular weight is 271 g/mol. The molecular formula is C13H19ClN2O2. The minimum absolute atomic E-state index is 0.00649. The third-order valence-corrected chi connectivity index (χ3v) is 2.59. The molecule has 0 saturated carbocycles. The summed E-state index contributed by atoms with van der Waals surface area (Å²) in [6.07, 6.45) is 1.16. The standard InChI is InChI=1S/C13H19ClN2O2/c1-10(15)2-7-13(17)16-8-9-18-12-5-3-11(14)4-6-12/h3-6,10H,2,7-9,15H2,1H3,(H,16,17). The molecule has 18 heavy (non-hydrogen) atoms. The first-order valence-corrected chi connectivity index (χ1v) is 6.36. The van der Waals surface area contributed by atoms with Crippen LogP contribution in [0.5, 0.6) is 5.75 Å². The summed E-state index contributed by atoms with van der Waals surface area (Å²) in [4.78, 5) is 11.4. The van der Waals surface area contributed by atoms with Crippen LogP contribution in [-0.4, -0.2) is 25.1 Å². The summed E-state index contributed by atoms with van der Waals surface area (Å²) in [6.45, 7) is 2.81. The molecule has 0 spiro atoms. The van der Waals surface area contributed by atoms with Crippen LogP contribution in [0.25, 0.3) is 0 Å². The molecule has 1 unspecified atom stereocenters. The maximum atomic E-state index is 11.4. The van der Waals surface area contributed by atoms with E-state index in [0.717, 1.165) is 5.75 Å². The fraction of sp³-hybridized carbons (Fsp3) is 0.462. The molecule has 1 atom stereocenters. The first-order chi connectivity index (χ1) is 8.58. The lowest BCUT2D eigenvalue weighted by Crippen LogP contribution is -2.29. The van der Waals surface area contributed by atoms with Gasteiger partial charge in [-0.25, -0.2) is 0 Å². The fourth-order valence-electron chi connectivity index (χ4n) is 1.34. The van der Waals surface area contributed by atoms with Crippen molar-refractivity contribution in [3.8, 4) is 5.75 Å². The Morgan fingerprint density at radius 1 is 1.44 bits per heavy atom. The largest absolute Gasteiger partial charge is 0.492 e. The van der Waals surface area contributed by atoms with Gasteiger partial charge in [-0.2, -0.15) is 0 Å². The number of nitrogens with two attached hydrogens (primary N) is 1. The van der Waals surface area contributed by atoms with Gasteiger partial charge in [0, 0.05) is 17.5 Å². The van der Waals surface area contributed by atoms with Gasteiger partial charge in [0.1, 0.15) is 12.4 Å². The predicted molar refractivity (Wildman–Crippen MR) is 72.8 cm³/mol. The number of hydrogen-bond donors (Lipinski definition) is 2. The van der Waals surface area contributed by atoms with Gasteiger partial charge in [0.25, 0.3) is 0 Å². The Labute approximate surface area is 112 Å². The smallest absolute Gasteiger partial charge is 0.220 e. The predicted octanol–water partition coefficient (Wildman–Crippen LogP) is 1.96. The van der Waals surface area contributed by atoms with E-state index in [1.54, 1.807) is 24.3 Å². The molecule has 4 nitrogen and oxygen atoms in total. The molecule has 1 rings (SSSR count). The van der Waals surface area contributed by atoms with Crippen molar-refractivity contribution in [3.05, 3.63) is 29.3 Å². The summed E-state index contributed by atoms with van der Waals surface area (Å²) in [6, 6.07) is 7.16. The lowest BCUT2D eigenvalue weighted by molar-refractivity contribution is -0.121. The van der Waals surface area contributed by atoms with Crippen molar-refractivity contribution in [2.24, 2.45) is 5.73 Å². The molecule has 0 bridgehead atoms. The van der Waals surface area contributed by atoms with Gasteiger partial charge in [-0.15, -0.1) is 0 Å². The Bertz CT molecular complexity index is 366. The summed E-state index contributed by atoms with van der Waals surface area (Å²) in [5, 5.41) is 3.45. The second-order valence-electron chi connectivity index (χ2n) is 4.17. The number of hydrogen-bond acceptors (Lipinski definition) is 3. The minimum atomic E-state index is 0.00649. The second kappa shape index (κ2) is 7.95. The van der Waals surface area contributed by atoms with Crippen LogP contribution in [0, 0.1) is 0 Å². The molecule has 5 heteroatoms. The Hall–Kier alpha value is -1.26. The molecule has 0 aliphatic carbocycles. The molecule has 1 amide bonds. The zero-order chi connectivity index (χ0) is 13.4. The first-order valence-electron chi connectivity index (χ1n) is 5.98. The highest BCUT2D eigenvalue weighted by Crippen LogP contribution is 2.15. The number of halogens is 1. The van der Waals surface area contributed by atoms with Crippen LogP contribution in [0.1, 0.15) is 19.8 Å². The van der Waals surface area contributed by atoms with Crippen molar-refractivity contribution in [1.82, 2.24) is 5.32 Å². The van der Waals surface area contributed by atoms with Crippen LogP contribution >= 0.6 is 11.6 Å². The zero-order valence-corrected chi connectivity index (χ0v) is 11.2. The molecule has 0 heterocycles. The summed E-state index contributed by atoms with van der Waals surface area (Å²) in [7, 11) is 0. The van der Waals surface area contributed by atoms with E-state index < -0.39 is 0 Å². The molecule has 1 aromatic carbocycles. The van der Waals surface area contributed by atoms with E-state index in [1.807, 2.05) is 6.92 Å². The van der Waals surface area contributed by atoms with Crippen LogP contribution in [0.3, 0.4) is 0 Å². The van der Waals surface area contributed by atoms with Gasteiger partial charge in [0.05, 0.1) is 6.54 Å². The molecule has 0 aliphatic heterocycles. The Kier molecular flexibility index (Phi) is 6.54. The van der Waals surface area contributed by atoms with E-state index in [1.165, 1.54) is 0 Å². The van der Waals surface area contributed by atoms with Gasteiger partial charge in [-0.1, -0.05) is 11.6 Å². The van der Waals surface area contributed by atoms with Crippen LogP contribution in [0.15, 0.2) is 24.3 Å². The monoisotopic (exact) mass is 270 g/mol. The van der Waals surface area contributed by atoms with Crippen molar-refractivity contribution < 1.29 is 9.53 Å².